The molecule has 3 rings (SSSR count). The monoisotopic (exact) mass is 430 g/mol. The maximum atomic E-state index is 11.4. The molecule has 1 saturated heterocycles. The summed E-state index contributed by atoms with van der Waals surface area (Å²) >= 11 is 0. The molecule has 0 radical (unpaired) electrons. The highest BCUT2D eigenvalue weighted by Gasteiger charge is 2.21. The van der Waals surface area contributed by atoms with Crippen LogP contribution in [0.5, 0.6) is 5.75 Å². The van der Waals surface area contributed by atoms with E-state index < -0.39 is 10.0 Å². The van der Waals surface area contributed by atoms with Gasteiger partial charge in [0.15, 0.2) is 0 Å². The summed E-state index contributed by atoms with van der Waals surface area (Å²) in [7, 11) is -3.21. The van der Waals surface area contributed by atoms with Crippen LogP contribution in [-0.2, 0) is 16.6 Å². The number of rotatable bonds is 8. The first-order valence-electron chi connectivity index (χ1n) is 10.7. The molecule has 0 aromatic heterocycles. The van der Waals surface area contributed by atoms with Crippen molar-refractivity contribution in [2.24, 2.45) is 0 Å². The summed E-state index contributed by atoms with van der Waals surface area (Å²) in [6.07, 6.45) is 3.72. The van der Waals surface area contributed by atoms with Crippen LogP contribution in [0.3, 0.4) is 0 Å². The topological polar surface area (TPSA) is 58.6 Å². The molecule has 1 atom stereocenters. The van der Waals surface area contributed by atoms with Gasteiger partial charge in [-0.05, 0) is 81.4 Å². The standard InChI is InChI=1S/C24H34N2O3S/c1-18(2)29-24-11-9-22(10-12-24)23-13-15-26(16-14-23)17-20-5-7-21(8-6-20)19(3)25-30(4,27)28/h5-12,18-19,23,25H,13-17H2,1-4H3/t19-/m1/s1. The van der Waals surface area contributed by atoms with Crippen molar-refractivity contribution in [2.75, 3.05) is 19.3 Å². The van der Waals surface area contributed by atoms with Crippen molar-refractivity contribution >= 4 is 10.0 Å². The smallest absolute Gasteiger partial charge is 0.209 e. The van der Waals surface area contributed by atoms with E-state index in [2.05, 4.69) is 46.0 Å². The molecule has 0 spiro atoms. The average molecular weight is 431 g/mol. The lowest BCUT2D eigenvalue weighted by molar-refractivity contribution is 0.204. The number of sulfonamides is 1. The summed E-state index contributed by atoms with van der Waals surface area (Å²) in [5, 5.41) is 0. The zero-order valence-corrected chi connectivity index (χ0v) is 19.3. The zero-order chi connectivity index (χ0) is 21.7. The van der Waals surface area contributed by atoms with E-state index in [1.165, 1.54) is 17.4 Å². The van der Waals surface area contributed by atoms with Crippen molar-refractivity contribution in [1.29, 1.82) is 0 Å². The molecule has 0 amide bonds. The van der Waals surface area contributed by atoms with E-state index >= 15 is 0 Å². The van der Waals surface area contributed by atoms with Gasteiger partial charge in [0.2, 0.25) is 10.0 Å². The minimum absolute atomic E-state index is 0.201. The van der Waals surface area contributed by atoms with Gasteiger partial charge in [-0.25, -0.2) is 13.1 Å². The predicted octanol–water partition coefficient (Wildman–Crippen LogP) is 4.46. The van der Waals surface area contributed by atoms with E-state index in [4.69, 9.17) is 4.74 Å². The lowest BCUT2D eigenvalue weighted by atomic mass is 9.89. The highest BCUT2D eigenvalue weighted by molar-refractivity contribution is 7.88. The van der Waals surface area contributed by atoms with Gasteiger partial charge in [0.25, 0.3) is 0 Å². The molecule has 6 heteroatoms. The van der Waals surface area contributed by atoms with E-state index in [9.17, 15) is 8.42 Å². The normalized spacial score (nSPS) is 17.2. The van der Waals surface area contributed by atoms with E-state index in [1.807, 2.05) is 32.9 Å². The maximum Gasteiger partial charge on any atom is 0.209 e. The molecule has 1 N–H and O–H groups in total. The van der Waals surface area contributed by atoms with Gasteiger partial charge >= 0.3 is 0 Å². The van der Waals surface area contributed by atoms with Gasteiger partial charge < -0.3 is 4.74 Å². The molecule has 1 heterocycles. The Morgan fingerprint density at radius 2 is 1.60 bits per heavy atom. The largest absolute Gasteiger partial charge is 0.491 e. The Kier molecular flexibility index (Phi) is 7.55. The summed E-state index contributed by atoms with van der Waals surface area (Å²) in [6, 6.07) is 16.6. The molecule has 164 valence electrons. The number of ether oxygens (including phenoxy) is 1. The average Bonchev–Trinajstić information content (AvgIpc) is 2.68. The number of hydrogen-bond acceptors (Lipinski definition) is 4. The molecule has 2 aromatic carbocycles. The molecule has 0 aliphatic carbocycles. The highest BCUT2D eigenvalue weighted by atomic mass is 32.2. The van der Waals surface area contributed by atoms with Gasteiger partial charge in [0.1, 0.15) is 5.75 Å². The lowest BCUT2D eigenvalue weighted by Crippen LogP contribution is -2.32. The van der Waals surface area contributed by atoms with Crippen molar-refractivity contribution in [3.63, 3.8) is 0 Å². The highest BCUT2D eigenvalue weighted by Crippen LogP contribution is 2.30. The van der Waals surface area contributed by atoms with E-state index in [0.29, 0.717) is 5.92 Å². The first kappa shape index (κ1) is 22.8. The maximum absolute atomic E-state index is 11.4. The summed E-state index contributed by atoms with van der Waals surface area (Å²) in [5.41, 5.74) is 3.65. The second-order valence-corrected chi connectivity index (χ2v) is 10.4. The van der Waals surface area contributed by atoms with E-state index in [-0.39, 0.29) is 12.1 Å². The summed E-state index contributed by atoms with van der Waals surface area (Å²) < 4.78 is 31.2. The van der Waals surface area contributed by atoms with Crippen LogP contribution >= 0.6 is 0 Å². The molecule has 1 aliphatic heterocycles. The molecule has 2 aromatic rings. The van der Waals surface area contributed by atoms with Crippen molar-refractivity contribution in [3.05, 3.63) is 65.2 Å². The number of benzene rings is 2. The molecular weight excluding hydrogens is 396 g/mol. The van der Waals surface area contributed by atoms with Crippen LogP contribution < -0.4 is 9.46 Å². The molecule has 0 unspecified atom stereocenters. The Morgan fingerprint density at radius 3 is 2.13 bits per heavy atom. The molecule has 0 bridgehead atoms. The Bertz CT molecular complexity index is 900. The van der Waals surface area contributed by atoms with Crippen molar-refractivity contribution < 1.29 is 13.2 Å². The fraction of sp³-hybridized carbons (Fsp3) is 0.500. The van der Waals surface area contributed by atoms with Crippen LogP contribution in [0.2, 0.25) is 0 Å². The van der Waals surface area contributed by atoms with Crippen molar-refractivity contribution in [2.45, 2.75) is 58.2 Å². The number of piperidine rings is 1. The first-order valence-corrected chi connectivity index (χ1v) is 12.6. The minimum Gasteiger partial charge on any atom is -0.491 e. The second kappa shape index (κ2) is 9.94. The van der Waals surface area contributed by atoms with Gasteiger partial charge in [-0.15, -0.1) is 0 Å². The van der Waals surface area contributed by atoms with Crippen LogP contribution in [-0.4, -0.2) is 38.8 Å². The van der Waals surface area contributed by atoms with Crippen LogP contribution in [0.15, 0.2) is 48.5 Å². The second-order valence-electron chi connectivity index (χ2n) is 8.64. The molecule has 1 aliphatic rings. The minimum atomic E-state index is -3.21. The fourth-order valence-corrected chi connectivity index (χ4v) is 4.85. The third kappa shape index (κ3) is 6.83. The van der Waals surface area contributed by atoms with Crippen molar-refractivity contribution in [3.8, 4) is 5.75 Å². The SMILES string of the molecule is CC(C)Oc1ccc(C2CCN(Cc3ccc([C@@H](C)NS(C)(=O)=O)cc3)CC2)cc1. The van der Waals surface area contributed by atoms with Gasteiger partial charge in [0.05, 0.1) is 12.4 Å². The predicted molar refractivity (Wildman–Crippen MR) is 122 cm³/mol. The van der Waals surface area contributed by atoms with Gasteiger partial charge in [0, 0.05) is 12.6 Å². The molecule has 30 heavy (non-hydrogen) atoms. The Balaban J connectivity index is 1.50. The molecular formula is C24H34N2O3S. The number of nitrogens with one attached hydrogen (secondary N) is 1. The summed E-state index contributed by atoms with van der Waals surface area (Å²) in [5.74, 6) is 1.55. The quantitative estimate of drug-likeness (QED) is 0.672. The third-order valence-corrected chi connectivity index (χ3v) is 6.37. The number of nitrogens with zero attached hydrogens (tertiary/aromatic N) is 1. The van der Waals surface area contributed by atoms with Gasteiger partial charge in [-0.3, -0.25) is 4.90 Å². The first-order chi connectivity index (χ1) is 14.2. The van der Waals surface area contributed by atoms with Crippen LogP contribution in [0.25, 0.3) is 0 Å². The lowest BCUT2D eigenvalue weighted by Gasteiger charge is -2.32. The van der Waals surface area contributed by atoms with Crippen LogP contribution in [0, 0.1) is 0 Å². The molecule has 0 saturated carbocycles. The summed E-state index contributed by atoms with van der Waals surface area (Å²) in [4.78, 5) is 2.50. The summed E-state index contributed by atoms with van der Waals surface area (Å²) in [6.45, 7) is 9.06. The van der Waals surface area contributed by atoms with Crippen LogP contribution in [0.4, 0.5) is 0 Å². The Morgan fingerprint density at radius 1 is 1.00 bits per heavy atom. The molecule has 5 nitrogen and oxygen atoms in total. The van der Waals surface area contributed by atoms with E-state index in [0.717, 1.165) is 43.8 Å². The fourth-order valence-electron chi connectivity index (χ4n) is 4.07. The number of likely N-dealkylation sites (tertiary alicyclic amines) is 1. The Hall–Kier alpha value is -1.89. The Labute approximate surface area is 181 Å². The van der Waals surface area contributed by atoms with Crippen molar-refractivity contribution in [1.82, 2.24) is 9.62 Å². The van der Waals surface area contributed by atoms with Gasteiger partial charge in [-0.2, -0.15) is 0 Å². The van der Waals surface area contributed by atoms with Gasteiger partial charge in [-0.1, -0.05) is 36.4 Å². The zero-order valence-electron chi connectivity index (χ0n) is 18.5. The van der Waals surface area contributed by atoms with E-state index in [1.54, 1.807) is 0 Å². The molecule has 1 fully saturated rings. The van der Waals surface area contributed by atoms with Crippen LogP contribution in [0.1, 0.15) is 62.3 Å². The number of hydrogen-bond donors (Lipinski definition) is 1. The third-order valence-electron chi connectivity index (χ3n) is 5.59.